The van der Waals surface area contributed by atoms with E-state index < -0.39 is 9.84 Å². The predicted molar refractivity (Wildman–Crippen MR) is 130 cm³/mol. The van der Waals surface area contributed by atoms with Crippen molar-refractivity contribution >= 4 is 43.7 Å². The summed E-state index contributed by atoms with van der Waals surface area (Å²) < 4.78 is 27.1. The van der Waals surface area contributed by atoms with E-state index in [1.54, 1.807) is 24.3 Å². The number of pyridine rings is 1. The van der Waals surface area contributed by atoms with Gasteiger partial charge in [0.1, 0.15) is 4.90 Å². The second kappa shape index (κ2) is 8.45. The molecule has 5 nitrogen and oxygen atoms in total. The van der Waals surface area contributed by atoms with Crippen LogP contribution in [0.5, 0.6) is 0 Å². The maximum Gasteiger partial charge on any atom is 0.210 e. The summed E-state index contributed by atoms with van der Waals surface area (Å²) in [6.45, 7) is 2.97. The van der Waals surface area contributed by atoms with Crippen LogP contribution in [0.1, 0.15) is 0 Å². The monoisotopic (exact) mass is 463 g/mol. The zero-order valence-corrected chi connectivity index (χ0v) is 18.9. The van der Waals surface area contributed by atoms with Crippen LogP contribution in [0, 0.1) is 0 Å². The molecular weight excluding hydrogens is 442 g/mol. The van der Waals surface area contributed by atoms with Gasteiger partial charge < -0.3 is 9.80 Å². The summed E-state index contributed by atoms with van der Waals surface area (Å²) in [6, 6.07) is 24.1. The molecule has 3 aromatic carbocycles. The zero-order valence-electron chi connectivity index (χ0n) is 17.4. The minimum absolute atomic E-state index is 0.252. The van der Waals surface area contributed by atoms with Gasteiger partial charge in [-0.1, -0.05) is 48.0 Å². The minimum Gasteiger partial charge on any atom is -0.368 e. The van der Waals surface area contributed by atoms with Crippen LogP contribution in [0.2, 0.25) is 5.02 Å². The summed E-state index contributed by atoms with van der Waals surface area (Å²) in [4.78, 5) is 9.46. The fourth-order valence-corrected chi connectivity index (χ4v) is 5.78. The van der Waals surface area contributed by atoms with E-state index in [0.717, 1.165) is 35.4 Å². The standard InChI is InChI=1S/C25H22ClN3O2S/c26-19-10-12-20(13-11-19)28-14-16-29(17-15-28)25-22-8-4-5-9-23(22)27-18-24(25)32(30,31)21-6-2-1-3-7-21/h1-13,18H,14-17H2. The van der Waals surface area contributed by atoms with Crippen molar-refractivity contribution in [3.8, 4) is 0 Å². The molecule has 1 aliphatic rings. The van der Waals surface area contributed by atoms with Gasteiger partial charge in [-0.2, -0.15) is 0 Å². The number of rotatable bonds is 4. The second-order valence-corrected chi connectivity index (χ2v) is 10.1. The molecule has 0 aliphatic carbocycles. The lowest BCUT2D eigenvalue weighted by atomic mass is 10.1. The van der Waals surface area contributed by atoms with E-state index in [1.165, 1.54) is 6.20 Å². The molecule has 7 heteroatoms. The fraction of sp³-hybridized carbons (Fsp3) is 0.160. The van der Waals surface area contributed by atoms with Crippen molar-refractivity contribution < 1.29 is 8.42 Å². The second-order valence-electron chi connectivity index (χ2n) is 7.76. The number of fused-ring (bicyclic) bond motifs is 1. The Kier molecular flexibility index (Phi) is 5.49. The van der Waals surface area contributed by atoms with Crippen LogP contribution >= 0.6 is 11.6 Å². The Bertz CT molecular complexity index is 1350. The first kappa shape index (κ1) is 20.8. The molecule has 32 heavy (non-hydrogen) atoms. The first-order chi connectivity index (χ1) is 15.5. The molecule has 0 amide bonds. The van der Waals surface area contributed by atoms with Crippen molar-refractivity contribution in [3.05, 3.63) is 90.1 Å². The number of piperazine rings is 1. The molecule has 0 unspecified atom stereocenters. The van der Waals surface area contributed by atoms with Crippen LogP contribution in [0.25, 0.3) is 10.9 Å². The first-order valence-corrected chi connectivity index (χ1v) is 12.3. The van der Waals surface area contributed by atoms with Crippen molar-refractivity contribution in [1.82, 2.24) is 4.98 Å². The summed E-state index contributed by atoms with van der Waals surface area (Å²) in [5, 5.41) is 1.57. The number of aromatic nitrogens is 1. The molecule has 0 radical (unpaired) electrons. The van der Waals surface area contributed by atoms with Crippen molar-refractivity contribution in [2.45, 2.75) is 9.79 Å². The Balaban J connectivity index is 1.55. The van der Waals surface area contributed by atoms with Gasteiger partial charge in [0.05, 0.1) is 16.1 Å². The molecule has 4 aromatic rings. The molecule has 0 saturated carbocycles. The lowest BCUT2D eigenvalue weighted by molar-refractivity contribution is 0.594. The number of nitrogens with zero attached hydrogens (tertiary/aromatic N) is 3. The SMILES string of the molecule is O=S(=O)(c1ccccc1)c1cnc2ccccc2c1N1CCN(c2ccc(Cl)cc2)CC1. The summed E-state index contributed by atoms with van der Waals surface area (Å²) in [6.07, 6.45) is 1.51. The average Bonchev–Trinajstić information content (AvgIpc) is 2.84. The molecule has 1 saturated heterocycles. The molecule has 0 bridgehead atoms. The molecule has 1 aliphatic heterocycles. The van der Waals surface area contributed by atoms with Crippen LogP contribution in [-0.2, 0) is 9.84 Å². The van der Waals surface area contributed by atoms with Crippen LogP contribution < -0.4 is 9.80 Å². The molecule has 0 atom stereocenters. The highest BCUT2D eigenvalue weighted by molar-refractivity contribution is 7.91. The highest BCUT2D eigenvalue weighted by atomic mass is 35.5. The Labute approximate surface area is 192 Å². The van der Waals surface area contributed by atoms with Crippen LogP contribution in [-0.4, -0.2) is 39.6 Å². The van der Waals surface area contributed by atoms with Crippen molar-refractivity contribution in [2.75, 3.05) is 36.0 Å². The molecule has 5 rings (SSSR count). The van der Waals surface area contributed by atoms with Gasteiger partial charge in [0.2, 0.25) is 9.84 Å². The van der Waals surface area contributed by atoms with E-state index in [0.29, 0.717) is 18.1 Å². The number of sulfone groups is 1. The first-order valence-electron chi connectivity index (χ1n) is 10.5. The molecule has 0 N–H and O–H groups in total. The maximum absolute atomic E-state index is 13.6. The molecule has 162 valence electrons. The Morgan fingerprint density at radius 1 is 0.750 bits per heavy atom. The number of halogens is 1. The van der Waals surface area contributed by atoms with Gasteiger partial charge in [-0.15, -0.1) is 0 Å². The lowest BCUT2D eigenvalue weighted by Gasteiger charge is -2.38. The quantitative estimate of drug-likeness (QED) is 0.424. The smallest absolute Gasteiger partial charge is 0.210 e. The van der Waals surface area contributed by atoms with Gasteiger partial charge in [-0.25, -0.2) is 8.42 Å². The van der Waals surface area contributed by atoms with Crippen LogP contribution in [0.4, 0.5) is 11.4 Å². The van der Waals surface area contributed by atoms with E-state index in [2.05, 4.69) is 14.8 Å². The van der Waals surface area contributed by atoms with Gasteiger partial charge in [0.15, 0.2) is 0 Å². The van der Waals surface area contributed by atoms with E-state index in [1.807, 2.05) is 54.6 Å². The van der Waals surface area contributed by atoms with Gasteiger partial charge in [-0.3, -0.25) is 4.98 Å². The Hall–Kier alpha value is -3.09. The third-order valence-electron chi connectivity index (χ3n) is 5.84. The highest BCUT2D eigenvalue weighted by Crippen LogP contribution is 2.36. The van der Waals surface area contributed by atoms with E-state index in [4.69, 9.17) is 11.6 Å². The third-order valence-corrected chi connectivity index (χ3v) is 7.87. The van der Waals surface area contributed by atoms with Gasteiger partial charge in [-0.05, 0) is 42.5 Å². The molecule has 1 aromatic heterocycles. The van der Waals surface area contributed by atoms with E-state index >= 15 is 0 Å². The number of para-hydroxylation sites is 1. The zero-order chi connectivity index (χ0) is 22.1. The number of benzene rings is 3. The lowest BCUT2D eigenvalue weighted by Crippen LogP contribution is -2.47. The molecule has 1 fully saturated rings. The number of hydrogen-bond donors (Lipinski definition) is 0. The maximum atomic E-state index is 13.6. The Morgan fingerprint density at radius 3 is 2.09 bits per heavy atom. The summed E-state index contributed by atoms with van der Waals surface area (Å²) in [7, 11) is -3.71. The van der Waals surface area contributed by atoms with Crippen LogP contribution in [0.3, 0.4) is 0 Å². The molecule has 2 heterocycles. The van der Waals surface area contributed by atoms with Gasteiger partial charge in [0.25, 0.3) is 0 Å². The molecule has 0 spiro atoms. The van der Waals surface area contributed by atoms with E-state index in [-0.39, 0.29) is 9.79 Å². The summed E-state index contributed by atoms with van der Waals surface area (Å²) in [5.41, 5.74) is 2.63. The Morgan fingerprint density at radius 2 is 1.38 bits per heavy atom. The minimum atomic E-state index is -3.71. The fourth-order valence-electron chi connectivity index (χ4n) is 4.20. The van der Waals surface area contributed by atoms with Crippen molar-refractivity contribution in [1.29, 1.82) is 0 Å². The normalized spacial score (nSPS) is 14.7. The van der Waals surface area contributed by atoms with Crippen molar-refractivity contribution in [3.63, 3.8) is 0 Å². The van der Waals surface area contributed by atoms with Gasteiger partial charge in [0, 0.05) is 48.5 Å². The average molecular weight is 464 g/mol. The number of hydrogen-bond acceptors (Lipinski definition) is 5. The van der Waals surface area contributed by atoms with Crippen molar-refractivity contribution in [2.24, 2.45) is 0 Å². The largest absolute Gasteiger partial charge is 0.368 e. The van der Waals surface area contributed by atoms with E-state index in [9.17, 15) is 8.42 Å². The summed E-state index contributed by atoms with van der Waals surface area (Å²) in [5.74, 6) is 0. The topological polar surface area (TPSA) is 53.5 Å². The van der Waals surface area contributed by atoms with Gasteiger partial charge >= 0.3 is 0 Å². The summed E-state index contributed by atoms with van der Waals surface area (Å²) >= 11 is 6.03. The third kappa shape index (κ3) is 3.80. The molecular formula is C25H22ClN3O2S. The highest BCUT2D eigenvalue weighted by Gasteiger charge is 2.28. The number of anilines is 2. The van der Waals surface area contributed by atoms with Crippen LogP contribution in [0.15, 0.2) is 94.9 Å². The predicted octanol–water partition coefficient (Wildman–Crippen LogP) is 5.05.